The Morgan fingerprint density at radius 3 is 2.39 bits per heavy atom. The maximum atomic E-state index is 12.3. The normalized spacial score (nSPS) is 32.6. The standard InChI is InChI=1S/C11H20N2O4S/c1-8-6-9(8)7-12-4-5-13(18(12,16)17)11(2,3)10(14)15/h8-9H,4-7H2,1-3H3,(H,14,15). The van der Waals surface area contributed by atoms with E-state index in [0.29, 0.717) is 24.9 Å². The maximum absolute atomic E-state index is 12.3. The highest BCUT2D eigenvalue weighted by Gasteiger charge is 2.50. The predicted octanol–water partition coefficient (Wildman–Crippen LogP) is 0.368. The van der Waals surface area contributed by atoms with Crippen molar-refractivity contribution in [3.8, 4) is 0 Å². The van der Waals surface area contributed by atoms with E-state index in [4.69, 9.17) is 5.11 Å². The monoisotopic (exact) mass is 276 g/mol. The van der Waals surface area contributed by atoms with Crippen molar-refractivity contribution in [1.82, 2.24) is 8.61 Å². The average Bonchev–Trinajstić information content (AvgIpc) is 2.82. The summed E-state index contributed by atoms with van der Waals surface area (Å²) in [6.07, 6.45) is 1.06. The van der Waals surface area contributed by atoms with Gasteiger partial charge in [0, 0.05) is 19.6 Å². The fraction of sp³-hybridized carbons (Fsp3) is 0.909. The molecule has 1 aliphatic heterocycles. The molecule has 0 amide bonds. The van der Waals surface area contributed by atoms with Gasteiger partial charge in [-0.15, -0.1) is 0 Å². The molecule has 1 aliphatic carbocycles. The first-order valence-corrected chi connectivity index (χ1v) is 7.58. The van der Waals surface area contributed by atoms with Crippen molar-refractivity contribution in [1.29, 1.82) is 0 Å². The van der Waals surface area contributed by atoms with E-state index < -0.39 is 21.7 Å². The van der Waals surface area contributed by atoms with Crippen molar-refractivity contribution < 1.29 is 18.3 Å². The molecular weight excluding hydrogens is 256 g/mol. The molecule has 7 heteroatoms. The Kier molecular flexibility index (Phi) is 3.19. The Hall–Kier alpha value is -0.660. The summed E-state index contributed by atoms with van der Waals surface area (Å²) in [4.78, 5) is 11.2. The van der Waals surface area contributed by atoms with Crippen molar-refractivity contribution in [2.24, 2.45) is 11.8 Å². The molecule has 1 N–H and O–H groups in total. The van der Waals surface area contributed by atoms with Crippen molar-refractivity contribution in [3.05, 3.63) is 0 Å². The first kappa shape index (κ1) is 13.8. The molecule has 2 aliphatic rings. The summed E-state index contributed by atoms with van der Waals surface area (Å²) in [5.74, 6) is -0.0953. The zero-order chi connectivity index (χ0) is 13.7. The summed E-state index contributed by atoms with van der Waals surface area (Å²) in [6, 6.07) is 0. The minimum atomic E-state index is -3.62. The van der Waals surface area contributed by atoms with Crippen LogP contribution in [0.1, 0.15) is 27.2 Å². The second-order valence-electron chi connectivity index (χ2n) is 5.78. The van der Waals surface area contributed by atoms with Crippen LogP contribution in [0, 0.1) is 11.8 Å². The van der Waals surface area contributed by atoms with E-state index in [0.717, 1.165) is 10.7 Å². The molecule has 0 aromatic carbocycles. The van der Waals surface area contributed by atoms with Gasteiger partial charge in [-0.25, -0.2) is 0 Å². The van der Waals surface area contributed by atoms with Crippen molar-refractivity contribution in [2.75, 3.05) is 19.6 Å². The number of carbonyl (C=O) groups is 1. The van der Waals surface area contributed by atoms with E-state index in [1.54, 1.807) is 0 Å². The minimum absolute atomic E-state index is 0.253. The number of nitrogens with zero attached hydrogens (tertiary/aromatic N) is 2. The van der Waals surface area contributed by atoms with Gasteiger partial charge in [0.1, 0.15) is 5.54 Å². The molecule has 0 aromatic heterocycles. The average molecular weight is 276 g/mol. The summed E-state index contributed by atoms with van der Waals surface area (Å²) < 4.78 is 27.1. The van der Waals surface area contributed by atoms with Gasteiger partial charge >= 0.3 is 5.97 Å². The van der Waals surface area contributed by atoms with Gasteiger partial charge in [-0.1, -0.05) is 6.92 Å². The summed E-state index contributed by atoms with van der Waals surface area (Å²) in [6.45, 7) is 6.12. The Balaban J connectivity index is 2.15. The van der Waals surface area contributed by atoms with E-state index in [1.807, 2.05) is 0 Å². The molecular formula is C11H20N2O4S. The predicted molar refractivity (Wildman–Crippen MR) is 66.2 cm³/mol. The lowest BCUT2D eigenvalue weighted by molar-refractivity contribution is -0.146. The van der Waals surface area contributed by atoms with Crippen molar-refractivity contribution >= 4 is 16.2 Å². The van der Waals surface area contributed by atoms with Crippen LogP contribution in [0.5, 0.6) is 0 Å². The third kappa shape index (κ3) is 2.15. The van der Waals surface area contributed by atoms with Crippen LogP contribution in [0.25, 0.3) is 0 Å². The Labute approximate surface area is 108 Å². The van der Waals surface area contributed by atoms with Gasteiger partial charge in [-0.05, 0) is 32.1 Å². The van der Waals surface area contributed by atoms with Gasteiger partial charge in [-0.3, -0.25) is 4.79 Å². The molecule has 104 valence electrons. The van der Waals surface area contributed by atoms with Gasteiger partial charge in [0.15, 0.2) is 0 Å². The molecule has 18 heavy (non-hydrogen) atoms. The Morgan fingerprint density at radius 1 is 1.39 bits per heavy atom. The summed E-state index contributed by atoms with van der Waals surface area (Å²) >= 11 is 0. The van der Waals surface area contributed by atoms with Crippen LogP contribution in [0.2, 0.25) is 0 Å². The fourth-order valence-corrected chi connectivity index (χ4v) is 4.29. The number of carboxylic acids is 1. The number of hydrogen-bond donors (Lipinski definition) is 1. The molecule has 2 fully saturated rings. The lowest BCUT2D eigenvalue weighted by Gasteiger charge is -2.30. The molecule has 0 spiro atoms. The van der Waals surface area contributed by atoms with Gasteiger partial charge in [0.25, 0.3) is 10.2 Å². The third-order valence-electron chi connectivity index (χ3n) is 4.02. The fourth-order valence-electron chi connectivity index (χ4n) is 2.35. The van der Waals surface area contributed by atoms with E-state index in [1.165, 1.54) is 18.2 Å². The van der Waals surface area contributed by atoms with Crippen molar-refractivity contribution in [3.63, 3.8) is 0 Å². The summed E-state index contributed by atoms with van der Waals surface area (Å²) in [5.41, 5.74) is -1.39. The lowest BCUT2D eigenvalue weighted by Crippen LogP contribution is -2.52. The molecule has 6 nitrogen and oxygen atoms in total. The van der Waals surface area contributed by atoms with Crippen LogP contribution in [0.15, 0.2) is 0 Å². The lowest BCUT2D eigenvalue weighted by atomic mass is 10.1. The molecule has 1 saturated heterocycles. The number of rotatable bonds is 4. The molecule has 0 bridgehead atoms. The Morgan fingerprint density at radius 2 is 1.94 bits per heavy atom. The largest absolute Gasteiger partial charge is 0.480 e. The van der Waals surface area contributed by atoms with E-state index in [2.05, 4.69) is 6.92 Å². The number of hydrogen-bond acceptors (Lipinski definition) is 3. The molecule has 0 radical (unpaired) electrons. The highest BCUT2D eigenvalue weighted by Crippen LogP contribution is 2.40. The van der Waals surface area contributed by atoms with E-state index in [9.17, 15) is 13.2 Å². The second-order valence-corrected chi connectivity index (χ2v) is 7.63. The molecule has 2 unspecified atom stereocenters. The van der Waals surface area contributed by atoms with Crippen LogP contribution in [-0.2, 0) is 15.0 Å². The highest BCUT2D eigenvalue weighted by atomic mass is 32.2. The molecule has 0 aromatic rings. The van der Waals surface area contributed by atoms with Crippen molar-refractivity contribution in [2.45, 2.75) is 32.7 Å². The van der Waals surface area contributed by atoms with Gasteiger partial charge < -0.3 is 5.11 Å². The molecule has 1 saturated carbocycles. The first-order chi connectivity index (χ1) is 8.17. The summed E-state index contributed by atoms with van der Waals surface area (Å²) in [7, 11) is -3.62. The van der Waals surface area contributed by atoms with Crippen LogP contribution < -0.4 is 0 Å². The summed E-state index contributed by atoms with van der Waals surface area (Å²) in [5, 5.41) is 9.13. The minimum Gasteiger partial charge on any atom is -0.480 e. The topological polar surface area (TPSA) is 77.9 Å². The van der Waals surface area contributed by atoms with Crippen LogP contribution >= 0.6 is 0 Å². The molecule has 2 atom stereocenters. The van der Waals surface area contributed by atoms with Crippen LogP contribution in [0.4, 0.5) is 0 Å². The zero-order valence-electron chi connectivity index (χ0n) is 11.0. The van der Waals surface area contributed by atoms with Gasteiger partial charge in [-0.2, -0.15) is 17.0 Å². The van der Waals surface area contributed by atoms with E-state index >= 15 is 0 Å². The SMILES string of the molecule is CC1CC1CN1CCN(C(C)(C)C(=O)O)S1(=O)=O. The molecule has 1 heterocycles. The Bertz CT molecular complexity index is 460. The third-order valence-corrected chi connectivity index (χ3v) is 6.20. The highest BCUT2D eigenvalue weighted by molar-refractivity contribution is 7.87. The van der Waals surface area contributed by atoms with Gasteiger partial charge in [0.05, 0.1) is 0 Å². The van der Waals surface area contributed by atoms with Crippen LogP contribution in [-0.4, -0.2) is 53.3 Å². The van der Waals surface area contributed by atoms with Crippen LogP contribution in [0.3, 0.4) is 0 Å². The smallest absolute Gasteiger partial charge is 0.324 e. The number of carboxylic acid groups (broad SMARTS) is 1. The first-order valence-electron chi connectivity index (χ1n) is 6.18. The number of aliphatic carboxylic acids is 1. The zero-order valence-corrected chi connectivity index (χ0v) is 11.8. The quantitative estimate of drug-likeness (QED) is 0.804. The maximum Gasteiger partial charge on any atom is 0.324 e. The van der Waals surface area contributed by atoms with E-state index in [-0.39, 0.29) is 6.54 Å². The second kappa shape index (κ2) is 4.18. The molecule has 2 rings (SSSR count). The van der Waals surface area contributed by atoms with Gasteiger partial charge in [0.2, 0.25) is 0 Å².